The van der Waals surface area contributed by atoms with E-state index in [2.05, 4.69) is 9.12 Å². The molecule has 0 fully saturated rings. The van der Waals surface area contributed by atoms with Gasteiger partial charge in [-0.25, -0.2) is 0 Å². The Bertz CT molecular complexity index is 91.4. The van der Waals surface area contributed by atoms with Gasteiger partial charge in [-0.3, -0.25) is 4.57 Å². The van der Waals surface area contributed by atoms with E-state index in [1.807, 2.05) is 36.4 Å². The maximum Gasteiger partial charge on any atom is 0.261 e. The molecule has 1 aromatic rings. The lowest BCUT2D eigenvalue weighted by Gasteiger charge is -1.69. The number of benzene rings is 1. The normalized spacial score (nSPS) is 6.50. The maximum absolute atomic E-state index is 7.94. The van der Waals surface area contributed by atoms with E-state index in [-0.39, 0.29) is 0 Å². The summed E-state index contributed by atoms with van der Waals surface area (Å²) in [5, 5.41) is 0. The molecule has 0 aliphatic rings. The van der Waals surface area contributed by atoms with E-state index in [0.717, 1.165) is 0 Å². The molecule has 1 aromatic carbocycles. The van der Waals surface area contributed by atoms with Gasteiger partial charge in [0.2, 0.25) is 0 Å². The molecule has 41 valence electrons. The third kappa shape index (κ3) is 3.51. The maximum atomic E-state index is 7.94. The average Bonchev–Trinajstić information content (AvgIpc) is 1.96. The summed E-state index contributed by atoms with van der Waals surface area (Å²) in [6.07, 6.45) is 0. The summed E-state index contributed by atoms with van der Waals surface area (Å²) in [5.74, 6) is 0. The van der Waals surface area contributed by atoms with E-state index >= 15 is 0 Å². The first-order valence-corrected chi connectivity index (χ1v) is 2.55. The van der Waals surface area contributed by atoms with Crippen molar-refractivity contribution in [3.63, 3.8) is 0 Å². The molecule has 1 rings (SSSR count). The topological polar surface area (TPSA) is 17.1 Å². The third-order valence-corrected chi connectivity index (χ3v) is 0.667. The zero-order valence-electron chi connectivity index (χ0n) is 4.32. The largest absolute Gasteiger partial charge is 0.261 e. The smallest absolute Gasteiger partial charge is 0.261 e. The quantitative estimate of drug-likeness (QED) is 0.486. The summed E-state index contributed by atoms with van der Waals surface area (Å²) < 4.78 is 7.94. The Labute approximate surface area is 51.0 Å². The van der Waals surface area contributed by atoms with Crippen LogP contribution >= 0.6 is 9.12 Å². The number of hydrogen-bond donors (Lipinski definition) is 0. The van der Waals surface area contributed by atoms with Crippen LogP contribution in [0.2, 0.25) is 0 Å². The first-order chi connectivity index (χ1) is 4.00. The summed E-state index contributed by atoms with van der Waals surface area (Å²) in [5.41, 5.74) is 0. The van der Waals surface area contributed by atoms with Crippen molar-refractivity contribution in [2.75, 3.05) is 0 Å². The van der Waals surface area contributed by atoms with Crippen molar-refractivity contribution in [3.8, 4) is 0 Å². The average molecular weight is 125 g/mol. The van der Waals surface area contributed by atoms with Crippen LogP contribution in [0.3, 0.4) is 0 Å². The molecule has 0 saturated carbocycles. The zero-order chi connectivity index (χ0) is 6.24. The van der Waals surface area contributed by atoms with Gasteiger partial charge in [-0.05, 0) is 0 Å². The molecule has 0 spiro atoms. The highest BCUT2D eigenvalue weighted by Gasteiger charge is 1.57. The van der Waals surface area contributed by atoms with Gasteiger partial charge in [0, 0.05) is 0 Å². The first kappa shape index (κ1) is 7.32. The molecule has 0 atom stereocenters. The van der Waals surface area contributed by atoms with Crippen molar-refractivity contribution in [3.05, 3.63) is 36.4 Å². The summed E-state index contributed by atoms with van der Waals surface area (Å²) in [4.78, 5) is 0. The Morgan fingerprint density at radius 1 is 0.625 bits per heavy atom. The van der Waals surface area contributed by atoms with Crippen LogP contribution < -0.4 is 0 Å². The summed E-state index contributed by atoms with van der Waals surface area (Å²) in [6.45, 7) is 0. The minimum atomic E-state index is 2.00. The van der Waals surface area contributed by atoms with Crippen LogP contribution in [0.1, 0.15) is 0 Å². The van der Waals surface area contributed by atoms with Crippen molar-refractivity contribution in [1.29, 1.82) is 0 Å². The van der Waals surface area contributed by atoms with Gasteiger partial charge in [0.05, 0.1) is 0 Å². The van der Waals surface area contributed by atoms with E-state index in [9.17, 15) is 0 Å². The van der Waals surface area contributed by atoms with Crippen LogP contribution in [0.5, 0.6) is 0 Å². The first-order valence-electron chi connectivity index (χ1n) is 2.18. The van der Waals surface area contributed by atoms with Crippen molar-refractivity contribution >= 4 is 9.12 Å². The highest BCUT2D eigenvalue weighted by Crippen LogP contribution is 1.79. The standard InChI is InChI=1S/C6H6.OP/c1-2-4-6-5-3-1;1-2/h1-6H;. The zero-order valence-corrected chi connectivity index (χ0v) is 5.21. The molecule has 0 N–H and O–H groups in total. The molecular formula is C6H6OP. The van der Waals surface area contributed by atoms with E-state index in [0.29, 0.717) is 0 Å². The second kappa shape index (κ2) is 6.32. The van der Waals surface area contributed by atoms with Crippen LogP contribution in [-0.4, -0.2) is 0 Å². The third-order valence-electron chi connectivity index (χ3n) is 0.667. The molecule has 0 heterocycles. The summed E-state index contributed by atoms with van der Waals surface area (Å²) in [6, 6.07) is 12.0. The minimum absolute atomic E-state index is 2.00. The van der Waals surface area contributed by atoms with Crippen LogP contribution in [0.4, 0.5) is 0 Å². The molecular weight excluding hydrogens is 119 g/mol. The molecule has 0 aromatic heterocycles. The fourth-order valence-electron chi connectivity index (χ4n) is 0.385. The van der Waals surface area contributed by atoms with E-state index in [1.165, 1.54) is 0 Å². The van der Waals surface area contributed by atoms with Gasteiger partial charge in [-0.15, -0.1) is 0 Å². The van der Waals surface area contributed by atoms with E-state index in [4.69, 9.17) is 4.57 Å². The Morgan fingerprint density at radius 3 is 0.875 bits per heavy atom. The predicted molar refractivity (Wildman–Crippen MR) is 34.0 cm³/mol. The van der Waals surface area contributed by atoms with Crippen molar-refractivity contribution in [2.24, 2.45) is 0 Å². The Hall–Kier alpha value is -0.680. The number of hydrogen-bond acceptors (Lipinski definition) is 1. The van der Waals surface area contributed by atoms with Gasteiger partial charge in [-0.2, -0.15) is 0 Å². The van der Waals surface area contributed by atoms with Crippen LogP contribution in [0, 0.1) is 0 Å². The van der Waals surface area contributed by atoms with Crippen molar-refractivity contribution in [1.82, 2.24) is 0 Å². The lowest BCUT2D eigenvalue weighted by Crippen LogP contribution is -1.47. The molecule has 0 aliphatic heterocycles. The molecule has 0 saturated heterocycles. The molecule has 1 radical (unpaired) electrons. The second-order valence-corrected chi connectivity index (χ2v) is 1.15. The molecule has 0 unspecified atom stereocenters. The fraction of sp³-hybridized carbons (Fsp3) is 0. The van der Waals surface area contributed by atoms with Crippen LogP contribution in [0.15, 0.2) is 36.4 Å². The molecule has 8 heavy (non-hydrogen) atoms. The number of rotatable bonds is 0. The monoisotopic (exact) mass is 125 g/mol. The van der Waals surface area contributed by atoms with Gasteiger partial charge < -0.3 is 0 Å². The molecule has 0 bridgehead atoms. The van der Waals surface area contributed by atoms with Gasteiger partial charge in [0.1, 0.15) is 0 Å². The SMILES string of the molecule is O=[P].c1ccccc1. The fourth-order valence-corrected chi connectivity index (χ4v) is 0.385. The van der Waals surface area contributed by atoms with Gasteiger partial charge in [0.25, 0.3) is 9.12 Å². The lowest BCUT2D eigenvalue weighted by molar-refractivity contribution is 0.607. The van der Waals surface area contributed by atoms with E-state index in [1.54, 1.807) is 0 Å². The molecule has 0 aliphatic carbocycles. The Balaban J connectivity index is 0.000000222. The minimum Gasteiger partial charge on any atom is -0.261 e. The van der Waals surface area contributed by atoms with E-state index < -0.39 is 0 Å². The van der Waals surface area contributed by atoms with Crippen molar-refractivity contribution < 1.29 is 4.57 Å². The Morgan fingerprint density at radius 2 is 0.750 bits per heavy atom. The highest BCUT2D eigenvalue weighted by atomic mass is 31.0. The summed E-state index contributed by atoms with van der Waals surface area (Å²) in [7, 11) is 2.28. The van der Waals surface area contributed by atoms with Gasteiger partial charge in [-0.1, -0.05) is 36.4 Å². The van der Waals surface area contributed by atoms with Gasteiger partial charge in [0.15, 0.2) is 0 Å². The van der Waals surface area contributed by atoms with Crippen molar-refractivity contribution in [2.45, 2.75) is 0 Å². The second-order valence-electron chi connectivity index (χ2n) is 1.15. The Kier molecular flexibility index (Phi) is 5.78. The highest BCUT2D eigenvalue weighted by molar-refractivity contribution is 7.00. The van der Waals surface area contributed by atoms with Crippen LogP contribution in [0.25, 0.3) is 0 Å². The summed E-state index contributed by atoms with van der Waals surface area (Å²) >= 11 is 0. The predicted octanol–water partition coefficient (Wildman–Crippen LogP) is 2.43. The van der Waals surface area contributed by atoms with Gasteiger partial charge >= 0.3 is 0 Å². The van der Waals surface area contributed by atoms with Crippen LogP contribution in [-0.2, 0) is 4.57 Å². The molecule has 2 heteroatoms. The molecule has 0 amide bonds. The lowest BCUT2D eigenvalue weighted by atomic mass is 10.4. The molecule has 1 nitrogen and oxygen atoms in total.